The summed E-state index contributed by atoms with van der Waals surface area (Å²) >= 11 is 3.19. The molecule has 0 spiro atoms. The van der Waals surface area contributed by atoms with Crippen molar-refractivity contribution in [3.05, 3.63) is 29.2 Å². The van der Waals surface area contributed by atoms with Gasteiger partial charge in [-0.05, 0) is 12.1 Å². The van der Waals surface area contributed by atoms with Crippen molar-refractivity contribution in [3.63, 3.8) is 0 Å². The highest BCUT2D eigenvalue weighted by atomic mass is 32.2. The molecule has 0 aromatic carbocycles. The zero-order chi connectivity index (χ0) is 10.5. The van der Waals surface area contributed by atoms with Gasteiger partial charge < -0.3 is 4.42 Å². The lowest BCUT2D eigenvalue weighted by atomic mass is 10.5. The van der Waals surface area contributed by atoms with Crippen LogP contribution in [0.1, 0.15) is 10.8 Å². The minimum absolute atomic E-state index is 0.642. The third kappa shape index (κ3) is 2.95. The number of nitrogens with one attached hydrogen (secondary N) is 1. The van der Waals surface area contributed by atoms with Crippen LogP contribution < -0.4 is 11.3 Å². The third-order valence-corrected chi connectivity index (χ3v) is 3.64. The van der Waals surface area contributed by atoms with E-state index in [1.54, 1.807) is 18.0 Å². The van der Waals surface area contributed by atoms with E-state index >= 15 is 0 Å². The van der Waals surface area contributed by atoms with Crippen LogP contribution in [0.4, 0.5) is 5.13 Å². The van der Waals surface area contributed by atoms with Crippen LogP contribution in [0.3, 0.4) is 0 Å². The summed E-state index contributed by atoms with van der Waals surface area (Å²) in [6.07, 6.45) is 1.68. The first-order valence-corrected chi connectivity index (χ1v) is 6.24. The van der Waals surface area contributed by atoms with Gasteiger partial charge in [-0.1, -0.05) is 11.3 Å². The highest BCUT2D eigenvalue weighted by Gasteiger charge is 2.03. The third-order valence-electron chi connectivity index (χ3n) is 1.64. The van der Waals surface area contributed by atoms with E-state index in [4.69, 9.17) is 10.3 Å². The molecule has 2 heterocycles. The zero-order valence-electron chi connectivity index (χ0n) is 7.84. The molecule has 2 aromatic rings. The maximum absolute atomic E-state index is 5.21. The van der Waals surface area contributed by atoms with Gasteiger partial charge in [-0.3, -0.25) is 5.43 Å². The lowest BCUT2D eigenvalue weighted by molar-refractivity contribution is 0.530. The van der Waals surface area contributed by atoms with Crippen molar-refractivity contribution < 1.29 is 4.42 Å². The van der Waals surface area contributed by atoms with Crippen LogP contribution in [0.15, 0.2) is 22.8 Å². The van der Waals surface area contributed by atoms with Gasteiger partial charge in [-0.25, -0.2) is 5.84 Å². The van der Waals surface area contributed by atoms with Gasteiger partial charge in [-0.15, -0.1) is 22.0 Å². The Morgan fingerprint density at radius 1 is 1.47 bits per heavy atom. The topological polar surface area (TPSA) is 77.0 Å². The summed E-state index contributed by atoms with van der Waals surface area (Å²) in [5.74, 6) is 7.84. The molecule has 0 saturated heterocycles. The summed E-state index contributed by atoms with van der Waals surface area (Å²) in [4.78, 5) is 0. The molecule has 0 radical (unpaired) electrons. The van der Waals surface area contributed by atoms with E-state index in [9.17, 15) is 0 Å². The number of nitrogens with two attached hydrogens (primary N) is 1. The van der Waals surface area contributed by atoms with Crippen LogP contribution in [0.2, 0.25) is 0 Å². The Labute approximate surface area is 95.0 Å². The number of hydrogen-bond donors (Lipinski definition) is 2. The van der Waals surface area contributed by atoms with Crippen LogP contribution in [0, 0.1) is 0 Å². The smallest absolute Gasteiger partial charge is 0.219 e. The molecule has 0 unspecified atom stereocenters. The molecule has 0 atom stereocenters. The Kier molecular flexibility index (Phi) is 3.59. The molecule has 2 rings (SSSR count). The summed E-state index contributed by atoms with van der Waals surface area (Å²) in [6, 6.07) is 3.84. The number of nitrogens with zero attached hydrogens (tertiary/aromatic N) is 2. The van der Waals surface area contributed by atoms with Crippen molar-refractivity contribution in [2.75, 3.05) is 5.43 Å². The van der Waals surface area contributed by atoms with E-state index in [-0.39, 0.29) is 0 Å². The lowest BCUT2D eigenvalue weighted by Gasteiger charge is -1.94. The van der Waals surface area contributed by atoms with Crippen LogP contribution in [-0.2, 0) is 11.5 Å². The lowest BCUT2D eigenvalue weighted by Crippen LogP contribution is -2.05. The molecule has 5 nitrogen and oxygen atoms in total. The van der Waals surface area contributed by atoms with Gasteiger partial charge in [0.1, 0.15) is 10.8 Å². The molecule has 15 heavy (non-hydrogen) atoms. The Balaban J connectivity index is 1.78. The van der Waals surface area contributed by atoms with E-state index in [1.807, 2.05) is 12.1 Å². The van der Waals surface area contributed by atoms with Crippen molar-refractivity contribution in [2.24, 2.45) is 5.84 Å². The Morgan fingerprint density at radius 2 is 2.40 bits per heavy atom. The average Bonchev–Trinajstić information content (AvgIpc) is 2.88. The molecule has 0 aliphatic heterocycles. The summed E-state index contributed by atoms with van der Waals surface area (Å²) in [6.45, 7) is 0. The van der Waals surface area contributed by atoms with E-state index in [0.29, 0.717) is 5.13 Å². The minimum Gasteiger partial charge on any atom is -0.468 e. The number of hydrazine groups is 1. The molecule has 3 N–H and O–H groups in total. The predicted molar refractivity (Wildman–Crippen MR) is 61.4 cm³/mol. The number of furan rings is 1. The van der Waals surface area contributed by atoms with Gasteiger partial charge in [0.05, 0.1) is 12.0 Å². The monoisotopic (exact) mass is 242 g/mol. The first kappa shape index (κ1) is 10.5. The fourth-order valence-corrected chi connectivity index (χ4v) is 2.63. The van der Waals surface area contributed by atoms with E-state index in [2.05, 4.69) is 15.6 Å². The van der Waals surface area contributed by atoms with Gasteiger partial charge >= 0.3 is 0 Å². The molecule has 2 aromatic heterocycles. The number of rotatable bonds is 5. The zero-order valence-corrected chi connectivity index (χ0v) is 9.48. The Morgan fingerprint density at radius 3 is 3.07 bits per heavy atom. The van der Waals surface area contributed by atoms with Crippen LogP contribution in [-0.4, -0.2) is 10.2 Å². The summed E-state index contributed by atoms with van der Waals surface area (Å²) in [7, 11) is 0. The van der Waals surface area contributed by atoms with Crippen molar-refractivity contribution in [3.8, 4) is 0 Å². The van der Waals surface area contributed by atoms with Crippen molar-refractivity contribution in [1.82, 2.24) is 10.2 Å². The van der Waals surface area contributed by atoms with Crippen molar-refractivity contribution in [1.29, 1.82) is 0 Å². The molecular weight excluding hydrogens is 232 g/mol. The van der Waals surface area contributed by atoms with Gasteiger partial charge in [0.25, 0.3) is 0 Å². The molecule has 0 aliphatic carbocycles. The van der Waals surface area contributed by atoms with E-state index in [0.717, 1.165) is 22.3 Å². The fourth-order valence-electron chi connectivity index (χ4n) is 1.00. The second-order valence-electron chi connectivity index (χ2n) is 2.72. The second-order valence-corrected chi connectivity index (χ2v) is 4.77. The van der Waals surface area contributed by atoms with Gasteiger partial charge in [0.15, 0.2) is 0 Å². The summed E-state index contributed by atoms with van der Waals surface area (Å²) in [5.41, 5.74) is 2.47. The summed E-state index contributed by atoms with van der Waals surface area (Å²) in [5, 5.41) is 9.43. The van der Waals surface area contributed by atoms with Crippen molar-refractivity contribution >= 4 is 28.2 Å². The van der Waals surface area contributed by atoms with Crippen LogP contribution in [0.25, 0.3) is 0 Å². The minimum atomic E-state index is 0.642. The van der Waals surface area contributed by atoms with Crippen LogP contribution in [0.5, 0.6) is 0 Å². The molecule has 80 valence electrons. The normalized spacial score (nSPS) is 10.5. The number of aromatic nitrogens is 2. The quantitative estimate of drug-likeness (QED) is 0.615. The first-order chi connectivity index (χ1) is 7.38. The fraction of sp³-hybridized carbons (Fsp3) is 0.250. The average molecular weight is 242 g/mol. The molecular formula is C8H10N4OS2. The maximum Gasteiger partial charge on any atom is 0.219 e. The highest BCUT2D eigenvalue weighted by Crippen LogP contribution is 2.22. The van der Waals surface area contributed by atoms with E-state index in [1.165, 1.54) is 11.3 Å². The van der Waals surface area contributed by atoms with E-state index < -0.39 is 0 Å². The molecule has 7 heteroatoms. The summed E-state index contributed by atoms with van der Waals surface area (Å²) < 4.78 is 5.21. The van der Waals surface area contributed by atoms with Gasteiger partial charge in [0, 0.05) is 5.75 Å². The Hall–Kier alpha value is -1.05. The molecule has 0 amide bonds. The van der Waals surface area contributed by atoms with Gasteiger partial charge in [-0.2, -0.15) is 0 Å². The number of hydrogen-bond acceptors (Lipinski definition) is 7. The SMILES string of the molecule is NNc1nnc(CSCc2ccco2)s1. The highest BCUT2D eigenvalue weighted by molar-refractivity contribution is 7.97. The largest absolute Gasteiger partial charge is 0.468 e. The molecule has 0 aliphatic rings. The number of thioether (sulfide) groups is 1. The number of anilines is 1. The molecule has 0 bridgehead atoms. The maximum atomic E-state index is 5.21. The predicted octanol–water partition coefficient (Wildman–Crippen LogP) is 1.85. The second kappa shape index (κ2) is 5.15. The molecule has 0 fully saturated rings. The standard InChI is InChI=1S/C8H10N4OS2/c9-10-8-12-11-7(15-8)5-14-4-6-2-1-3-13-6/h1-3H,4-5,9H2,(H,10,12). The van der Waals surface area contributed by atoms with Crippen LogP contribution >= 0.6 is 23.1 Å². The Bertz CT molecular complexity index is 400. The molecule has 0 saturated carbocycles. The van der Waals surface area contributed by atoms with Gasteiger partial charge in [0.2, 0.25) is 5.13 Å². The number of nitrogen functional groups attached to an aromatic ring is 1. The van der Waals surface area contributed by atoms with Crippen molar-refractivity contribution in [2.45, 2.75) is 11.5 Å². The first-order valence-electron chi connectivity index (χ1n) is 4.27.